The number of benzene rings is 1. The van der Waals surface area contributed by atoms with Gasteiger partial charge in [0, 0.05) is 18.3 Å². The third kappa shape index (κ3) is 3.31. The van der Waals surface area contributed by atoms with Crippen molar-refractivity contribution in [2.75, 3.05) is 18.4 Å². The van der Waals surface area contributed by atoms with Crippen LogP contribution in [0.3, 0.4) is 0 Å². The van der Waals surface area contributed by atoms with Crippen molar-refractivity contribution < 1.29 is 4.79 Å². The lowest BCUT2D eigenvalue weighted by atomic mass is 10.1. The first kappa shape index (κ1) is 16.3. The highest BCUT2D eigenvalue weighted by atomic mass is 16.2. The molecule has 134 valence electrons. The number of aromatic nitrogens is 7. The molecule has 0 atom stereocenters. The minimum absolute atomic E-state index is 0.289. The molecule has 3 heterocycles. The molecule has 10 heteroatoms. The number of aryl methyl sites for hydroxylation is 1. The molecule has 4 rings (SSSR count). The van der Waals surface area contributed by atoms with Crippen LogP contribution in [0, 0.1) is 0 Å². The summed E-state index contributed by atoms with van der Waals surface area (Å²) < 4.78 is 3.36. The number of tetrazole rings is 1. The van der Waals surface area contributed by atoms with Crippen molar-refractivity contribution >= 4 is 11.6 Å². The van der Waals surface area contributed by atoms with Crippen molar-refractivity contribution in [3.05, 3.63) is 36.2 Å². The van der Waals surface area contributed by atoms with Gasteiger partial charge in [-0.1, -0.05) is 17.3 Å². The molecule has 0 unspecified atom stereocenters. The fourth-order valence-electron chi connectivity index (χ4n) is 3.04. The van der Waals surface area contributed by atoms with Gasteiger partial charge in [-0.2, -0.15) is 0 Å². The summed E-state index contributed by atoms with van der Waals surface area (Å²) in [6.07, 6.45) is 3.68. The number of nitrogens with zero attached hydrogens (tertiary/aromatic N) is 7. The lowest BCUT2D eigenvalue weighted by molar-refractivity contribution is 0.102. The van der Waals surface area contributed by atoms with E-state index >= 15 is 0 Å². The fourth-order valence-corrected chi connectivity index (χ4v) is 3.04. The Morgan fingerprint density at radius 2 is 2.08 bits per heavy atom. The van der Waals surface area contributed by atoms with Gasteiger partial charge in [0.25, 0.3) is 5.91 Å². The first-order valence-corrected chi connectivity index (χ1v) is 8.47. The van der Waals surface area contributed by atoms with Crippen molar-refractivity contribution in [3.63, 3.8) is 0 Å². The summed E-state index contributed by atoms with van der Waals surface area (Å²) in [4.78, 5) is 12.5. The maximum atomic E-state index is 12.5. The first-order valence-electron chi connectivity index (χ1n) is 8.47. The Hall–Kier alpha value is -3.14. The number of hydrogen-bond acceptors (Lipinski definition) is 7. The number of hydrogen-bond donors (Lipinski definition) is 2. The third-order valence-electron chi connectivity index (χ3n) is 4.42. The molecule has 26 heavy (non-hydrogen) atoms. The Morgan fingerprint density at radius 3 is 2.85 bits per heavy atom. The number of carbonyl (C=O) groups excluding carboxylic acids is 1. The highest BCUT2D eigenvalue weighted by Gasteiger charge is 2.19. The van der Waals surface area contributed by atoms with Gasteiger partial charge in [-0.15, -0.1) is 10.2 Å². The Balaban J connectivity index is 1.48. The van der Waals surface area contributed by atoms with Crippen LogP contribution in [0.5, 0.6) is 0 Å². The summed E-state index contributed by atoms with van der Waals surface area (Å²) in [7, 11) is 1.76. The Bertz CT molecular complexity index is 910. The minimum atomic E-state index is -0.293. The van der Waals surface area contributed by atoms with E-state index in [0.29, 0.717) is 17.2 Å². The van der Waals surface area contributed by atoms with Crippen molar-refractivity contribution in [2.24, 2.45) is 7.05 Å². The van der Waals surface area contributed by atoms with Crippen LogP contribution < -0.4 is 10.6 Å². The molecule has 1 aliphatic rings. The van der Waals surface area contributed by atoms with Crippen LogP contribution in [0.25, 0.3) is 11.4 Å². The fraction of sp³-hybridized carbons (Fsp3) is 0.375. The van der Waals surface area contributed by atoms with E-state index in [1.165, 1.54) is 0 Å². The van der Waals surface area contributed by atoms with E-state index in [4.69, 9.17) is 0 Å². The van der Waals surface area contributed by atoms with Gasteiger partial charge in [-0.3, -0.25) is 4.79 Å². The molecule has 0 saturated carbocycles. The number of amides is 1. The molecular formula is C16H19N9O. The molecule has 2 N–H and O–H groups in total. The van der Waals surface area contributed by atoms with Crippen LogP contribution in [0.4, 0.5) is 5.69 Å². The summed E-state index contributed by atoms with van der Waals surface area (Å²) >= 11 is 0. The molecule has 1 saturated heterocycles. The zero-order valence-corrected chi connectivity index (χ0v) is 14.3. The van der Waals surface area contributed by atoms with Crippen molar-refractivity contribution in [1.29, 1.82) is 0 Å². The second-order valence-electron chi connectivity index (χ2n) is 6.23. The van der Waals surface area contributed by atoms with E-state index < -0.39 is 0 Å². The van der Waals surface area contributed by atoms with E-state index in [9.17, 15) is 4.79 Å². The summed E-state index contributed by atoms with van der Waals surface area (Å²) in [5, 5.41) is 25.7. The molecule has 0 bridgehead atoms. The summed E-state index contributed by atoms with van der Waals surface area (Å²) in [5.41, 5.74) is 1.76. The minimum Gasteiger partial charge on any atom is -0.321 e. The van der Waals surface area contributed by atoms with Crippen LogP contribution in [0.2, 0.25) is 0 Å². The summed E-state index contributed by atoms with van der Waals surface area (Å²) in [5.74, 6) is 0.330. The lowest BCUT2D eigenvalue weighted by Crippen LogP contribution is -2.29. The number of rotatable bonds is 4. The third-order valence-corrected chi connectivity index (χ3v) is 4.42. The summed E-state index contributed by atoms with van der Waals surface area (Å²) in [6, 6.07) is 7.64. The van der Waals surface area contributed by atoms with Crippen LogP contribution >= 0.6 is 0 Å². The first-order chi connectivity index (χ1) is 12.7. The van der Waals surface area contributed by atoms with Gasteiger partial charge < -0.3 is 10.6 Å². The number of nitrogens with one attached hydrogen (secondary N) is 2. The van der Waals surface area contributed by atoms with E-state index in [-0.39, 0.29) is 11.9 Å². The van der Waals surface area contributed by atoms with Gasteiger partial charge in [0.15, 0.2) is 11.5 Å². The standard InChI is InChI=1S/C16H19N9O/c1-24-15(20-21-23-24)11-3-2-4-12(9-11)18-16(26)14-10-25(22-19-14)13-5-7-17-8-6-13/h2-4,9-10,13,17H,5-8H2,1H3,(H,18,26). The maximum absolute atomic E-state index is 12.5. The second-order valence-corrected chi connectivity index (χ2v) is 6.23. The van der Waals surface area contributed by atoms with Crippen LogP contribution in [-0.2, 0) is 7.05 Å². The number of piperidine rings is 1. The van der Waals surface area contributed by atoms with Crippen LogP contribution in [0.15, 0.2) is 30.5 Å². The molecule has 1 fully saturated rings. The quantitative estimate of drug-likeness (QED) is 0.707. The van der Waals surface area contributed by atoms with Gasteiger partial charge >= 0.3 is 0 Å². The molecule has 2 aromatic heterocycles. The zero-order valence-electron chi connectivity index (χ0n) is 14.3. The van der Waals surface area contributed by atoms with Crippen molar-refractivity contribution in [2.45, 2.75) is 18.9 Å². The smallest absolute Gasteiger partial charge is 0.277 e. The SMILES string of the molecule is Cn1nnnc1-c1cccc(NC(=O)c2cn(C3CCNCC3)nn2)c1. The van der Waals surface area contributed by atoms with Crippen LogP contribution in [0.1, 0.15) is 29.4 Å². The average molecular weight is 353 g/mol. The molecule has 0 aliphatic carbocycles. The lowest BCUT2D eigenvalue weighted by Gasteiger charge is -2.22. The largest absolute Gasteiger partial charge is 0.321 e. The molecule has 1 amide bonds. The van der Waals surface area contributed by atoms with Gasteiger partial charge in [0.2, 0.25) is 0 Å². The maximum Gasteiger partial charge on any atom is 0.277 e. The Labute approximate surface area is 149 Å². The van der Waals surface area contributed by atoms with Gasteiger partial charge in [-0.05, 0) is 48.5 Å². The number of carbonyl (C=O) groups is 1. The van der Waals surface area contributed by atoms with Crippen LogP contribution in [-0.4, -0.2) is 54.2 Å². The van der Waals surface area contributed by atoms with Gasteiger partial charge in [0.05, 0.1) is 12.2 Å². The second kappa shape index (κ2) is 7.00. The predicted octanol–water partition coefficient (Wildman–Crippen LogP) is 0.645. The normalized spacial score (nSPS) is 15.1. The van der Waals surface area contributed by atoms with E-state index in [0.717, 1.165) is 31.5 Å². The molecule has 0 radical (unpaired) electrons. The summed E-state index contributed by atoms with van der Waals surface area (Å²) in [6.45, 7) is 1.91. The highest BCUT2D eigenvalue weighted by molar-refractivity contribution is 6.02. The monoisotopic (exact) mass is 353 g/mol. The average Bonchev–Trinajstić information content (AvgIpc) is 3.32. The highest BCUT2D eigenvalue weighted by Crippen LogP contribution is 2.20. The molecule has 0 spiro atoms. The zero-order chi connectivity index (χ0) is 17.9. The number of anilines is 1. The topological polar surface area (TPSA) is 115 Å². The van der Waals surface area contributed by atoms with E-state index in [2.05, 4.69) is 36.5 Å². The van der Waals surface area contributed by atoms with Gasteiger partial charge in [0.1, 0.15) is 0 Å². The molecule has 10 nitrogen and oxygen atoms in total. The van der Waals surface area contributed by atoms with Crippen molar-refractivity contribution in [3.8, 4) is 11.4 Å². The molecule has 1 aromatic carbocycles. The van der Waals surface area contributed by atoms with E-state index in [1.54, 1.807) is 22.6 Å². The predicted molar refractivity (Wildman–Crippen MR) is 93.3 cm³/mol. The molecular weight excluding hydrogens is 334 g/mol. The van der Waals surface area contributed by atoms with Crippen molar-refractivity contribution in [1.82, 2.24) is 40.5 Å². The van der Waals surface area contributed by atoms with Gasteiger partial charge in [-0.25, -0.2) is 9.36 Å². The Kier molecular flexibility index (Phi) is 4.40. The van der Waals surface area contributed by atoms with E-state index in [1.807, 2.05) is 24.3 Å². The molecule has 3 aromatic rings. The molecule has 1 aliphatic heterocycles. The Morgan fingerprint density at radius 1 is 1.23 bits per heavy atom.